The molecule has 0 fully saturated rings. The molecule has 0 saturated heterocycles. The summed E-state index contributed by atoms with van der Waals surface area (Å²) >= 11 is 0. The Bertz CT molecular complexity index is 2110. The van der Waals surface area contributed by atoms with Crippen molar-refractivity contribution in [1.29, 1.82) is 0 Å². The number of para-hydroxylation sites is 1. The SMILES string of the molecule is C=C(C)c1ccccc1-n1c2ccc(-c3ccccc3)cc2c2ccc(-c3cc(-c4ccccc4)ccc3C)c(C)c21. The number of aromatic nitrogens is 1. The minimum absolute atomic E-state index is 1.06. The number of hydrogen-bond donors (Lipinski definition) is 0. The van der Waals surface area contributed by atoms with Gasteiger partial charge in [0.05, 0.1) is 16.7 Å². The molecule has 0 saturated carbocycles. The van der Waals surface area contributed by atoms with E-state index in [9.17, 15) is 0 Å². The van der Waals surface area contributed by atoms with Gasteiger partial charge in [0, 0.05) is 16.3 Å². The average molecular weight is 540 g/mol. The van der Waals surface area contributed by atoms with Crippen molar-refractivity contribution in [3.63, 3.8) is 0 Å². The van der Waals surface area contributed by atoms with Gasteiger partial charge in [-0.3, -0.25) is 0 Å². The zero-order valence-corrected chi connectivity index (χ0v) is 24.4. The molecule has 0 unspecified atom stereocenters. The van der Waals surface area contributed by atoms with Gasteiger partial charge in [0.15, 0.2) is 0 Å². The largest absolute Gasteiger partial charge is 0.308 e. The molecule has 0 bridgehead atoms. The minimum atomic E-state index is 1.06. The number of hydrogen-bond acceptors (Lipinski definition) is 0. The third-order valence-corrected chi connectivity index (χ3v) is 8.53. The van der Waals surface area contributed by atoms with Gasteiger partial charge in [0.2, 0.25) is 0 Å². The van der Waals surface area contributed by atoms with Crippen LogP contribution in [0.1, 0.15) is 23.6 Å². The number of nitrogens with zero attached hydrogens (tertiary/aromatic N) is 1. The molecular formula is C41H33N. The van der Waals surface area contributed by atoms with Crippen molar-refractivity contribution in [2.75, 3.05) is 0 Å². The Labute approximate surface area is 248 Å². The highest BCUT2D eigenvalue weighted by Crippen LogP contribution is 2.41. The van der Waals surface area contributed by atoms with Crippen LogP contribution < -0.4 is 0 Å². The maximum Gasteiger partial charge on any atom is 0.0576 e. The van der Waals surface area contributed by atoms with Crippen LogP contribution >= 0.6 is 0 Å². The second-order valence-corrected chi connectivity index (χ2v) is 11.3. The maximum absolute atomic E-state index is 4.33. The van der Waals surface area contributed by atoms with Crippen molar-refractivity contribution in [1.82, 2.24) is 4.57 Å². The van der Waals surface area contributed by atoms with Crippen LogP contribution in [0.15, 0.2) is 140 Å². The lowest BCUT2D eigenvalue weighted by atomic mass is 9.91. The molecule has 1 heterocycles. The molecule has 0 aliphatic heterocycles. The summed E-state index contributed by atoms with van der Waals surface area (Å²) in [4.78, 5) is 0. The third-order valence-electron chi connectivity index (χ3n) is 8.53. The molecule has 0 amide bonds. The first-order chi connectivity index (χ1) is 20.5. The summed E-state index contributed by atoms with van der Waals surface area (Å²) < 4.78 is 2.46. The van der Waals surface area contributed by atoms with E-state index in [0.717, 1.165) is 16.8 Å². The van der Waals surface area contributed by atoms with Gasteiger partial charge in [0.1, 0.15) is 0 Å². The van der Waals surface area contributed by atoms with Gasteiger partial charge < -0.3 is 4.57 Å². The van der Waals surface area contributed by atoms with E-state index >= 15 is 0 Å². The van der Waals surface area contributed by atoms with Crippen LogP contribution in [0.25, 0.3) is 66.4 Å². The Morgan fingerprint density at radius 3 is 1.86 bits per heavy atom. The van der Waals surface area contributed by atoms with Crippen LogP contribution in [0, 0.1) is 13.8 Å². The topological polar surface area (TPSA) is 4.93 Å². The Hall–Kier alpha value is -5.14. The van der Waals surface area contributed by atoms with Crippen molar-refractivity contribution in [2.45, 2.75) is 20.8 Å². The summed E-state index contributed by atoms with van der Waals surface area (Å²) in [5, 5.41) is 2.52. The maximum atomic E-state index is 4.33. The Kier molecular flexibility index (Phi) is 6.36. The summed E-state index contributed by atoms with van der Waals surface area (Å²) in [5.74, 6) is 0. The molecule has 0 radical (unpaired) electrons. The summed E-state index contributed by atoms with van der Waals surface area (Å²) in [6.45, 7) is 10.9. The molecule has 0 atom stereocenters. The fraction of sp³-hybridized carbons (Fsp3) is 0.0732. The second kappa shape index (κ2) is 10.4. The van der Waals surface area contributed by atoms with E-state index in [2.05, 4.69) is 165 Å². The van der Waals surface area contributed by atoms with Gasteiger partial charge in [-0.2, -0.15) is 0 Å². The molecule has 1 aromatic heterocycles. The van der Waals surface area contributed by atoms with Crippen molar-refractivity contribution >= 4 is 27.4 Å². The number of allylic oxidation sites excluding steroid dienone is 1. The van der Waals surface area contributed by atoms with Crippen molar-refractivity contribution in [3.05, 3.63) is 157 Å². The fourth-order valence-corrected chi connectivity index (χ4v) is 6.38. The molecule has 6 aromatic carbocycles. The predicted octanol–water partition coefficient (Wildman–Crippen LogP) is 11.4. The molecule has 7 rings (SSSR count). The van der Waals surface area contributed by atoms with E-state index in [4.69, 9.17) is 0 Å². The first kappa shape index (κ1) is 25.8. The molecule has 0 aliphatic carbocycles. The first-order valence-electron chi connectivity index (χ1n) is 14.6. The Balaban J connectivity index is 1.55. The number of rotatable bonds is 5. The highest BCUT2D eigenvalue weighted by atomic mass is 15.0. The summed E-state index contributed by atoms with van der Waals surface area (Å²) in [6, 6.07) is 48.3. The predicted molar refractivity (Wildman–Crippen MR) is 181 cm³/mol. The molecule has 0 N–H and O–H groups in total. The van der Waals surface area contributed by atoms with Crippen molar-refractivity contribution in [2.24, 2.45) is 0 Å². The van der Waals surface area contributed by atoms with Gasteiger partial charge in [-0.15, -0.1) is 0 Å². The average Bonchev–Trinajstić information content (AvgIpc) is 3.37. The minimum Gasteiger partial charge on any atom is -0.308 e. The van der Waals surface area contributed by atoms with Crippen LogP contribution in [0.5, 0.6) is 0 Å². The molecule has 0 aliphatic rings. The second-order valence-electron chi connectivity index (χ2n) is 11.3. The van der Waals surface area contributed by atoms with E-state index in [0.29, 0.717) is 0 Å². The molecule has 42 heavy (non-hydrogen) atoms. The summed E-state index contributed by atoms with van der Waals surface area (Å²) in [7, 11) is 0. The molecule has 7 aromatic rings. The van der Waals surface area contributed by atoms with Crippen molar-refractivity contribution < 1.29 is 0 Å². The van der Waals surface area contributed by atoms with Gasteiger partial charge in [-0.25, -0.2) is 0 Å². The third kappa shape index (κ3) is 4.26. The van der Waals surface area contributed by atoms with E-state index in [1.165, 1.54) is 66.3 Å². The first-order valence-corrected chi connectivity index (χ1v) is 14.6. The lowest BCUT2D eigenvalue weighted by Gasteiger charge is -2.17. The number of aryl methyl sites for hydroxylation is 2. The quantitative estimate of drug-likeness (QED) is 0.205. The van der Waals surface area contributed by atoms with Crippen LogP contribution in [0.2, 0.25) is 0 Å². The van der Waals surface area contributed by atoms with Gasteiger partial charge in [-0.1, -0.05) is 116 Å². The van der Waals surface area contributed by atoms with Gasteiger partial charge >= 0.3 is 0 Å². The zero-order valence-electron chi connectivity index (χ0n) is 24.4. The standard InChI is InChI=1S/C41H33N/c1-27(2)34-17-11-12-18-39(34)42-40-24-21-33(31-15-9-6-10-16-31)26-38(40)36-23-22-35(29(4)41(36)42)37-25-32(20-19-28(37)3)30-13-7-5-8-14-30/h5-26H,1H2,2-4H3. The van der Waals surface area contributed by atoms with Gasteiger partial charge in [-0.05, 0) is 95.1 Å². The van der Waals surface area contributed by atoms with E-state index in [1.54, 1.807) is 0 Å². The highest BCUT2D eigenvalue weighted by molar-refractivity contribution is 6.13. The monoisotopic (exact) mass is 539 g/mol. The molecular weight excluding hydrogens is 506 g/mol. The molecule has 1 nitrogen and oxygen atoms in total. The molecule has 202 valence electrons. The van der Waals surface area contributed by atoms with Gasteiger partial charge in [0.25, 0.3) is 0 Å². The van der Waals surface area contributed by atoms with Crippen LogP contribution in [-0.4, -0.2) is 4.57 Å². The lowest BCUT2D eigenvalue weighted by Crippen LogP contribution is -2.00. The summed E-state index contributed by atoms with van der Waals surface area (Å²) in [6.07, 6.45) is 0. The molecule has 0 spiro atoms. The normalized spacial score (nSPS) is 11.3. The van der Waals surface area contributed by atoms with Crippen molar-refractivity contribution in [3.8, 4) is 39.1 Å². The zero-order chi connectivity index (χ0) is 28.8. The number of fused-ring (bicyclic) bond motifs is 3. The van der Waals surface area contributed by atoms with Crippen LogP contribution in [-0.2, 0) is 0 Å². The lowest BCUT2D eigenvalue weighted by molar-refractivity contribution is 1.16. The Morgan fingerprint density at radius 1 is 0.548 bits per heavy atom. The van der Waals surface area contributed by atoms with E-state index in [-0.39, 0.29) is 0 Å². The smallest absolute Gasteiger partial charge is 0.0576 e. The van der Waals surface area contributed by atoms with E-state index < -0.39 is 0 Å². The summed E-state index contributed by atoms with van der Waals surface area (Å²) in [5.41, 5.74) is 15.8. The van der Waals surface area contributed by atoms with Crippen LogP contribution in [0.3, 0.4) is 0 Å². The fourth-order valence-electron chi connectivity index (χ4n) is 6.38. The van der Waals surface area contributed by atoms with E-state index in [1.807, 2.05) is 0 Å². The highest BCUT2D eigenvalue weighted by Gasteiger charge is 2.20. The molecule has 1 heteroatoms. The Morgan fingerprint density at radius 2 is 1.17 bits per heavy atom. The van der Waals surface area contributed by atoms with Crippen LogP contribution in [0.4, 0.5) is 0 Å². The number of benzene rings is 6.